The number of rotatable bonds is 21. The molecule has 0 radical (unpaired) electrons. The zero-order valence-electron chi connectivity index (χ0n) is 21.0. The van der Waals surface area contributed by atoms with E-state index in [1.165, 1.54) is 64.2 Å². The molecule has 0 aliphatic carbocycles. The Morgan fingerprint density at radius 3 is 1.35 bits per heavy atom. The van der Waals surface area contributed by atoms with Crippen LogP contribution in [0.2, 0.25) is 0 Å². The summed E-state index contributed by atoms with van der Waals surface area (Å²) < 4.78 is 0. The van der Waals surface area contributed by atoms with E-state index in [1.807, 2.05) is 0 Å². The van der Waals surface area contributed by atoms with E-state index in [9.17, 15) is 0 Å². The third kappa shape index (κ3) is 13.4. The van der Waals surface area contributed by atoms with Crippen LogP contribution >= 0.6 is 0 Å². The first-order valence-electron chi connectivity index (χ1n) is 13.2. The highest BCUT2D eigenvalue weighted by molar-refractivity contribution is 5.43. The molecule has 2 N–H and O–H groups in total. The zero-order valence-corrected chi connectivity index (χ0v) is 21.0. The van der Waals surface area contributed by atoms with Crippen LogP contribution in [0, 0.1) is 0 Å². The van der Waals surface area contributed by atoms with Gasteiger partial charge in [0.15, 0.2) is 0 Å². The van der Waals surface area contributed by atoms with E-state index in [0.29, 0.717) is 11.9 Å². The van der Waals surface area contributed by atoms with E-state index in [1.54, 1.807) is 0 Å². The van der Waals surface area contributed by atoms with Gasteiger partial charge < -0.3 is 15.5 Å². The topological polar surface area (TPSA) is 66.0 Å². The van der Waals surface area contributed by atoms with Crippen molar-refractivity contribution in [1.82, 2.24) is 15.0 Å². The van der Waals surface area contributed by atoms with Gasteiger partial charge in [0, 0.05) is 26.2 Å². The van der Waals surface area contributed by atoms with Crippen molar-refractivity contribution < 1.29 is 0 Å². The minimum atomic E-state index is 0.715. The van der Waals surface area contributed by atoms with Gasteiger partial charge in [-0.05, 0) is 25.7 Å². The van der Waals surface area contributed by atoms with Gasteiger partial charge in [-0.1, -0.05) is 91.9 Å². The second-order valence-electron chi connectivity index (χ2n) is 8.66. The molecular formula is C25H50N6. The molecule has 180 valence electrons. The van der Waals surface area contributed by atoms with E-state index < -0.39 is 0 Å². The summed E-state index contributed by atoms with van der Waals surface area (Å²) in [5.41, 5.74) is 0. The number of hydrogen-bond acceptors (Lipinski definition) is 6. The first-order valence-corrected chi connectivity index (χ1v) is 13.2. The lowest BCUT2D eigenvalue weighted by Gasteiger charge is -2.23. The molecule has 1 aromatic heterocycles. The minimum absolute atomic E-state index is 0.715. The average Bonchev–Trinajstić information content (AvgIpc) is 2.78. The summed E-state index contributed by atoms with van der Waals surface area (Å²) in [6.45, 7) is 12.9. The second kappa shape index (κ2) is 19.1. The Balaban J connectivity index is 2.76. The van der Waals surface area contributed by atoms with Crippen molar-refractivity contribution in [2.45, 2.75) is 118 Å². The monoisotopic (exact) mass is 434 g/mol. The van der Waals surface area contributed by atoms with Gasteiger partial charge in [-0.2, -0.15) is 15.0 Å². The van der Waals surface area contributed by atoms with Gasteiger partial charge in [-0.3, -0.25) is 0 Å². The van der Waals surface area contributed by atoms with Gasteiger partial charge in [-0.15, -0.1) is 0 Å². The normalized spacial score (nSPS) is 11.0. The Kier molecular flexibility index (Phi) is 16.9. The zero-order chi connectivity index (χ0) is 22.6. The molecule has 1 heterocycles. The van der Waals surface area contributed by atoms with Crippen LogP contribution in [0.4, 0.5) is 17.8 Å². The fraction of sp³-hybridized carbons (Fsp3) is 0.880. The molecule has 0 atom stereocenters. The molecule has 0 saturated heterocycles. The van der Waals surface area contributed by atoms with Crippen molar-refractivity contribution in [3.8, 4) is 0 Å². The van der Waals surface area contributed by atoms with Gasteiger partial charge in [0.1, 0.15) is 0 Å². The Hall–Kier alpha value is -1.59. The highest BCUT2D eigenvalue weighted by Gasteiger charge is 2.13. The lowest BCUT2D eigenvalue weighted by atomic mass is 10.1. The summed E-state index contributed by atoms with van der Waals surface area (Å²) in [7, 11) is 0. The maximum Gasteiger partial charge on any atom is 0.231 e. The summed E-state index contributed by atoms with van der Waals surface area (Å²) in [6, 6.07) is 0. The van der Waals surface area contributed by atoms with E-state index in [2.05, 4.69) is 48.2 Å². The van der Waals surface area contributed by atoms with Crippen LogP contribution in [0.5, 0.6) is 0 Å². The Bertz CT molecular complexity index is 494. The fourth-order valence-electron chi connectivity index (χ4n) is 3.53. The molecule has 1 aromatic rings. The third-order valence-electron chi connectivity index (χ3n) is 5.60. The van der Waals surface area contributed by atoms with Gasteiger partial charge in [0.25, 0.3) is 0 Å². The Morgan fingerprint density at radius 1 is 0.516 bits per heavy atom. The molecule has 0 aromatic carbocycles. The largest absolute Gasteiger partial charge is 0.354 e. The number of nitrogens with one attached hydrogen (secondary N) is 2. The molecule has 0 amide bonds. The first-order chi connectivity index (χ1) is 15.2. The molecule has 0 bridgehead atoms. The van der Waals surface area contributed by atoms with Crippen LogP contribution in [-0.4, -0.2) is 41.1 Å². The molecular weight excluding hydrogens is 384 g/mol. The number of unbranched alkanes of at least 4 members (excludes halogenated alkanes) is 10. The van der Waals surface area contributed by atoms with Gasteiger partial charge in [0.2, 0.25) is 17.8 Å². The van der Waals surface area contributed by atoms with Crippen LogP contribution < -0.4 is 15.5 Å². The van der Waals surface area contributed by atoms with Gasteiger partial charge in [-0.25, -0.2) is 0 Å². The standard InChI is InChI=1S/C25H50N6/c1-5-9-13-15-17-19-26-23-28-24(27-20-18-16-14-10-6-2)30-25(29-23)31(21-11-7-3)22-12-8-4/h5-22H2,1-4H3,(H2,26,27,28,29,30). The van der Waals surface area contributed by atoms with Crippen molar-refractivity contribution in [3.05, 3.63) is 0 Å². The highest BCUT2D eigenvalue weighted by atomic mass is 15.3. The SMILES string of the molecule is CCCCCCCNc1nc(NCCCCCCC)nc(N(CCCC)CCCC)n1. The van der Waals surface area contributed by atoms with Crippen LogP contribution in [0.15, 0.2) is 0 Å². The Morgan fingerprint density at radius 2 is 0.935 bits per heavy atom. The van der Waals surface area contributed by atoms with Crippen LogP contribution in [-0.2, 0) is 0 Å². The summed E-state index contributed by atoms with van der Waals surface area (Å²) in [6.07, 6.45) is 17.4. The molecule has 1 rings (SSSR count). The van der Waals surface area contributed by atoms with Gasteiger partial charge >= 0.3 is 0 Å². The highest BCUT2D eigenvalue weighted by Crippen LogP contribution is 2.16. The smallest absolute Gasteiger partial charge is 0.231 e. The predicted molar refractivity (Wildman–Crippen MR) is 136 cm³/mol. The lowest BCUT2D eigenvalue weighted by molar-refractivity contribution is 0.641. The third-order valence-corrected chi connectivity index (χ3v) is 5.60. The summed E-state index contributed by atoms with van der Waals surface area (Å²) in [5.74, 6) is 2.25. The Labute approximate surface area is 192 Å². The minimum Gasteiger partial charge on any atom is -0.354 e. The number of anilines is 3. The van der Waals surface area contributed by atoms with Gasteiger partial charge in [0.05, 0.1) is 0 Å². The van der Waals surface area contributed by atoms with E-state index in [4.69, 9.17) is 9.97 Å². The van der Waals surface area contributed by atoms with E-state index in [0.717, 1.165) is 57.8 Å². The lowest BCUT2D eigenvalue weighted by Crippen LogP contribution is -2.28. The fourth-order valence-corrected chi connectivity index (χ4v) is 3.53. The van der Waals surface area contributed by atoms with Crippen molar-refractivity contribution in [2.75, 3.05) is 41.7 Å². The van der Waals surface area contributed by atoms with Crippen LogP contribution in [0.3, 0.4) is 0 Å². The molecule has 0 aliphatic rings. The predicted octanol–water partition coefficient (Wildman–Crippen LogP) is 7.04. The van der Waals surface area contributed by atoms with Crippen LogP contribution in [0.25, 0.3) is 0 Å². The van der Waals surface area contributed by atoms with Crippen molar-refractivity contribution in [1.29, 1.82) is 0 Å². The summed E-state index contributed by atoms with van der Waals surface area (Å²) >= 11 is 0. The van der Waals surface area contributed by atoms with Crippen molar-refractivity contribution >= 4 is 17.8 Å². The molecule has 0 saturated carbocycles. The van der Waals surface area contributed by atoms with Crippen molar-refractivity contribution in [2.24, 2.45) is 0 Å². The molecule has 6 heteroatoms. The van der Waals surface area contributed by atoms with E-state index >= 15 is 0 Å². The number of aromatic nitrogens is 3. The maximum absolute atomic E-state index is 4.79. The number of hydrogen-bond donors (Lipinski definition) is 2. The summed E-state index contributed by atoms with van der Waals surface area (Å²) in [5, 5.41) is 6.92. The van der Waals surface area contributed by atoms with E-state index in [-0.39, 0.29) is 0 Å². The molecule has 0 spiro atoms. The second-order valence-corrected chi connectivity index (χ2v) is 8.66. The molecule has 0 fully saturated rings. The quantitative estimate of drug-likeness (QED) is 0.202. The summed E-state index contributed by atoms with van der Waals surface area (Å²) in [4.78, 5) is 16.6. The molecule has 6 nitrogen and oxygen atoms in total. The molecule has 0 aliphatic heterocycles. The maximum atomic E-state index is 4.79. The number of nitrogens with zero attached hydrogens (tertiary/aromatic N) is 4. The van der Waals surface area contributed by atoms with Crippen LogP contribution in [0.1, 0.15) is 118 Å². The molecule has 0 unspecified atom stereocenters. The average molecular weight is 435 g/mol. The first kappa shape index (κ1) is 27.4. The molecule has 31 heavy (non-hydrogen) atoms. The van der Waals surface area contributed by atoms with Crippen molar-refractivity contribution in [3.63, 3.8) is 0 Å².